The van der Waals surface area contributed by atoms with E-state index in [9.17, 15) is 19.0 Å². The van der Waals surface area contributed by atoms with Crippen molar-refractivity contribution in [3.8, 4) is 0 Å². The third kappa shape index (κ3) is 41.9. The number of unbranched alkanes of at least 4 members (excludes halogenated alkanes) is 21. The Morgan fingerprint density at radius 1 is 0.554 bits per heavy atom. The SMILES string of the molecule is CCCCCCCC/C=C\C/C=C\C/C=C\CCCC(=O)O[C@H](COC(=O)CCCCCCCCCCCCCCCCC)COP(=O)([O-])OCC[N+](C)(C)C. The van der Waals surface area contributed by atoms with Gasteiger partial charge in [-0.25, -0.2) is 0 Å². The lowest BCUT2D eigenvalue weighted by Crippen LogP contribution is -2.37. The number of hydrogen-bond donors (Lipinski definition) is 0. The summed E-state index contributed by atoms with van der Waals surface area (Å²) < 4.78 is 33.8. The van der Waals surface area contributed by atoms with Crippen LogP contribution in [0.15, 0.2) is 36.5 Å². The number of carbonyl (C=O) groups excluding carboxylic acids is 2. The van der Waals surface area contributed by atoms with Crippen molar-refractivity contribution in [3.05, 3.63) is 36.5 Å². The fourth-order valence-corrected chi connectivity index (χ4v) is 6.81. The molecule has 0 N–H and O–H groups in total. The molecule has 0 heterocycles. The van der Waals surface area contributed by atoms with Crippen molar-refractivity contribution >= 4 is 19.8 Å². The standard InChI is InChI=1S/C46H86NO8P/c1-6-8-10-12-14-16-18-20-22-23-25-27-29-31-33-35-37-39-46(49)55-44(43-54-56(50,51)53-41-40-47(3,4)5)42-52-45(48)38-36-34-32-30-28-26-24-21-19-17-15-13-11-9-7-2/h20,22,25,27,31,33,44H,6-19,21,23-24,26,28-30,32,34-43H2,1-5H3/b22-20-,27-25-,33-31-/t44-/m1/s1. The van der Waals surface area contributed by atoms with Gasteiger partial charge in [-0.3, -0.25) is 14.2 Å². The van der Waals surface area contributed by atoms with Crippen LogP contribution in [0.5, 0.6) is 0 Å². The zero-order valence-electron chi connectivity index (χ0n) is 36.8. The molecule has 0 bridgehead atoms. The molecule has 0 aliphatic rings. The highest BCUT2D eigenvalue weighted by Gasteiger charge is 2.21. The van der Waals surface area contributed by atoms with Gasteiger partial charge in [-0.05, 0) is 44.9 Å². The number of quaternary nitrogens is 1. The first-order chi connectivity index (χ1) is 27.0. The van der Waals surface area contributed by atoms with Gasteiger partial charge in [0.25, 0.3) is 7.82 Å². The van der Waals surface area contributed by atoms with E-state index in [1.807, 2.05) is 27.2 Å². The molecule has 56 heavy (non-hydrogen) atoms. The number of phosphoric acid groups is 1. The first-order valence-corrected chi connectivity index (χ1v) is 24.2. The fourth-order valence-electron chi connectivity index (χ4n) is 6.08. The van der Waals surface area contributed by atoms with Gasteiger partial charge >= 0.3 is 11.9 Å². The summed E-state index contributed by atoms with van der Waals surface area (Å²) in [5, 5.41) is 0. The summed E-state index contributed by atoms with van der Waals surface area (Å²) in [5.74, 6) is -0.890. The van der Waals surface area contributed by atoms with E-state index in [4.69, 9.17) is 18.5 Å². The minimum atomic E-state index is -4.64. The van der Waals surface area contributed by atoms with Gasteiger partial charge in [0.1, 0.15) is 19.8 Å². The van der Waals surface area contributed by atoms with Crippen molar-refractivity contribution in [1.82, 2.24) is 0 Å². The average molecular weight is 812 g/mol. The van der Waals surface area contributed by atoms with E-state index in [0.717, 1.165) is 38.5 Å². The molecule has 328 valence electrons. The summed E-state index contributed by atoms with van der Waals surface area (Å²) in [6, 6.07) is 0. The van der Waals surface area contributed by atoms with E-state index in [1.165, 1.54) is 116 Å². The largest absolute Gasteiger partial charge is 0.756 e. The number of carbonyl (C=O) groups is 2. The third-order valence-corrected chi connectivity index (χ3v) is 10.6. The molecule has 0 spiro atoms. The molecule has 0 aromatic rings. The first kappa shape index (κ1) is 54.2. The molecular weight excluding hydrogens is 725 g/mol. The molecule has 0 saturated heterocycles. The highest BCUT2D eigenvalue weighted by atomic mass is 31.2. The van der Waals surface area contributed by atoms with E-state index in [2.05, 4.69) is 44.2 Å². The average Bonchev–Trinajstić information content (AvgIpc) is 3.15. The highest BCUT2D eigenvalue weighted by Crippen LogP contribution is 2.38. The topological polar surface area (TPSA) is 111 Å². The van der Waals surface area contributed by atoms with E-state index >= 15 is 0 Å². The van der Waals surface area contributed by atoms with E-state index in [0.29, 0.717) is 23.9 Å². The van der Waals surface area contributed by atoms with Gasteiger partial charge < -0.3 is 27.9 Å². The number of rotatable bonds is 41. The van der Waals surface area contributed by atoms with Crippen molar-refractivity contribution in [3.63, 3.8) is 0 Å². The summed E-state index contributed by atoms with van der Waals surface area (Å²) in [6.45, 7) is 4.17. The maximum Gasteiger partial charge on any atom is 0.306 e. The zero-order valence-corrected chi connectivity index (χ0v) is 37.7. The van der Waals surface area contributed by atoms with Crippen LogP contribution < -0.4 is 4.89 Å². The fraction of sp³-hybridized carbons (Fsp3) is 0.826. The van der Waals surface area contributed by atoms with Gasteiger partial charge in [0.05, 0.1) is 27.7 Å². The van der Waals surface area contributed by atoms with Gasteiger partial charge in [-0.2, -0.15) is 0 Å². The van der Waals surface area contributed by atoms with Gasteiger partial charge in [-0.15, -0.1) is 0 Å². The highest BCUT2D eigenvalue weighted by molar-refractivity contribution is 7.45. The Morgan fingerprint density at radius 3 is 1.48 bits per heavy atom. The zero-order chi connectivity index (χ0) is 41.4. The molecule has 9 nitrogen and oxygen atoms in total. The molecule has 10 heteroatoms. The summed E-state index contributed by atoms with van der Waals surface area (Å²) in [4.78, 5) is 37.5. The van der Waals surface area contributed by atoms with Gasteiger partial charge in [-0.1, -0.05) is 172 Å². The summed E-state index contributed by atoms with van der Waals surface area (Å²) in [5.41, 5.74) is 0. The van der Waals surface area contributed by atoms with Crippen molar-refractivity contribution in [2.45, 2.75) is 200 Å². The van der Waals surface area contributed by atoms with E-state index < -0.39 is 32.5 Å². The molecule has 0 rings (SSSR count). The van der Waals surface area contributed by atoms with Crippen LogP contribution in [0.3, 0.4) is 0 Å². The minimum Gasteiger partial charge on any atom is -0.756 e. The Kier molecular flexibility index (Phi) is 37.5. The third-order valence-electron chi connectivity index (χ3n) is 9.66. The number of likely N-dealkylation sites (N-methyl/N-ethyl adjacent to an activating group) is 1. The quantitative estimate of drug-likeness (QED) is 0.0197. The van der Waals surface area contributed by atoms with Crippen LogP contribution in [0.4, 0.5) is 0 Å². The number of phosphoric ester groups is 1. The van der Waals surface area contributed by atoms with Crippen molar-refractivity contribution < 1.29 is 42.1 Å². The number of ether oxygens (including phenoxy) is 2. The smallest absolute Gasteiger partial charge is 0.306 e. The van der Waals surface area contributed by atoms with Crippen LogP contribution >= 0.6 is 7.82 Å². The second kappa shape index (κ2) is 38.7. The molecule has 0 aromatic carbocycles. The molecule has 0 radical (unpaired) electrons. The van der Waals surface area contributed by atoms with Crippen LogP contribution in [0.25, 0.3) is 0 Å². The molecule has 2 atom stereocenters. The van der Waals surface area contributed by atoms with Crippen LogP contribution in [0.2, 0.25) is 0 Å². The number of hydrogen-bond acceptors (Lipinski definition) is 8. The van der Waals surface area contributed by atoms with Crippen molar-refractivity contribution in [2.75, 3.05) is 47.5 Å². The number of allylic oxidation sites excluding steroid dienone is 6. The molecule has 0 amide bonds. The molecular formula is C46H86NO8P. The number of esters is 2. The van der Waals surface area contributed by atoms with Crippen molar-refractivity contribution in [1.29, 1.82) is 0 Å². The van der Waals surface area contributed by atoms with Crippen LogP contribution in [0.1, 0.15) is 194 Å². The predicted octanol–water partition coefficient (Wildman–Crippen LogP) is 12.3. The Morgan fingerprint density at radius 2 is 0.982 bits per heavy atom. The lowest BCUT2D eigenvalue weighted by molar-refractivity contribution is -0.870. The Hall–Kier alpha value is -1.77. The monoisotopic (exact) mass is 812 g/mol. The second-order valence-electron chi connectivity index (χ2n) is 16.4. The van der Waals surface area contributed by atoms with E-state index in [1.54, 1.807) is 0 Å². The molecule has 0 aliphatic heterocycles. The van der Waals surface area contributed by atoms with Crippen LogP contribution in [-0.4, -0.2) is 70.0 Å². The normalized spacial score (nSPS) is 13.9. The Bertz CT molecular complexity index is 1050. The predicted molar refractivity (Wildman–Crippen MR) is 231 cm³/mol. The second-order valence-corrected chi connectivity index (χ2v) is 17.8. The maximum atomic E-state index is 12.7. The van der Waals surface area contributed by atoms with Gasteiger partial charge in [0, 0.05) is 12.8 Å². The lowest BCUT2D eigenvalue weighted by Gasteiger charge is -2.28. The summed E-state index contributed by atoms with van der Waals surface area (Å²) in [6.07, 6.45) is 43.2. The minimum absolute atomic E-state index is 0.0390. The molecule has 0 aromatic heterocycles. The first-order valence-electron chi connectivity index (χ1n) is 22.7. The molecule has 0 aliphatic carbocycles. The van der Waals surface area contributed by atoms with Gasteiger partial charge in [0.15, 0.2) is 6.10 Å². The Balaban J connectivity index is 4.42. The van der Waals surface area contributed by atoms with Crippen LogP contribution in [0, 0.1) is 0 Å². The lowest BCUT2D eigenvalue weighted by atomic mass is 10.0. The van der Waals surface area contributed by atoms with Crippen molar-refractivity contribution in [2.24, 2.45) is 0 Å². The molecule has 0 fully saturated rings. The number of nitrogens with zero attached hydrogens (tertiary/aromatic N) is 1. The Labute approximate surface area is 344 Å². The van der Waals surface area contributed by atoms with Crippen LogP contribution in [-0.2, 0) is 32.7 Å². The van der Waals surface area contributed by atoms with E-state index in [-0.39, 0.29) is 26.1 Å². The maximum absolute atomic E-state index is 12.7. The summed E-state index contributed by atoms with van der Waals surface area (Å²) in [7, 11) is 1.14. The summed E-state index contributed by atoms with van der Waals surface area (Å²) >= 11 is 0. The molecule has 0 saturated carbocycles. The molecule has 1 unspecified atom stereocenters. The van der Waals surface area contributed by atoms with Gasteiger partial charge in [0.2, 0.25) is 0 Å².